The molecule has 0 saturated carbocycles. The van der Waals surface area contributed by atoms with Gasteiger partial charge in [-0.25, -0.2) is 0 Å². The third kappa shape index (κ3) is 3.92. The number of hydrogen-bond acceptors (Lipinski definition) is 3. The van der Waals surface area contributed by atoms with Gasteiger partial charge in [-0.3, -0.25) is 9.48 Å². The number of amides is 1. The van der Waals surface area contributed by atoms with E-state index in [1.165, 1.54) is 11.3 Å². The number of fused-ring (bicyclic) bond motifs is 1. The lowest BCUT2D eigenvalue weighted by atomic mass is 10.1. The molecule has 25 heavy (non-hydrogen) atoms. The zero-order valence-corrected chi connectivity index (χ0v) is 15.2. The van der Waals surface area contributed by atoms with Crippen LogP contribution in [-0.4, -0.2) is 27.1 Å². The van der Waals surface area contributed by atoms with E-state index >= 15 is 0 Å². The predicted octanol–water partition coefficient (Wildman–Crippen LogP) is 3.81. The summed E-state index contributed by atoms with van der Waals surface area (Å²) in [5.74, 6) is 0.987. The fourth-order valence-corrected chi connectivity index (χ4v) is 3.27. The lowest BCUT2D eigenvalue weighted by Gasteiger charge is -2.26. The summed E-state index contributed by atoms with van der Waals surface area (Å²) in [7, 11) is 0. The van der Waals surface area contributed by atoms with Crippen molar-refractivity contribution >= 4 is 17.4 Å². The number of benzene rings is 1. The molecule has 1 aliphatic rings. The van der Waals surface area contributed by atoms with E-state index in [1.54, 1.807) is 6.92 Å². The number of rotatable bonds is 5. The van der Waals surface area contributed by atoms with Gasteiger partial charge in [0.2, 0.25) is 5.91 Å². The molecule has 0 fully saturated rings. The van der Waals surface area contributed by atoms with E-state index in [1.807, 2.05) is 24.0 Å². The van der Waals surface area contributed by atoms with Crippen LogP contribution in [-0.2, 0) is 24.3 Å². The molecule has 1 aromatic heterocycles. The first-order valence-corrected chi connectivity index (χ1v) is 8.87. The first kappa shape index (κ1) is 17.3. The van der Waals surface area contributed by atoms with Gasteiger partial charge in [-0.1, -0.05) is 24.3 Å². The van der Waals surface area contributed by atoms with Crippen molar-refractivity contribution in [2.75, 3.05) is 11.9 Å². The Bertz CT molecular complexity index is 791. The molecule has 1 aliphatic heterocycles. The summed E-state index contributed by atoms with van der Waals surface area (Å²) in [5, 5.41) is 8.27. The van der Waals surface area contributed by atoms with Crippen LogP contribution in [0.4, 0.5) is 11.5 Å². The number of carbonyl (C=O) groups is 1. The van der Waals surface area contributed by atoms with Gasteiger partial charge in [-0.15, -0.1) is 0 Å². The minimum Gasteiger partial charge on any atom is -0.338 e. The molecule has 0 unspecified atom stereocenters. The largest absolute Gasteiger partial charge is 0.338 e. The second-order valence-corrected chi connectivity index (χ2v) is 6.54. The Hall–Kier alpha value is -2.56. The summed E-state index contributed by atoms with van der Waals surface area (Å²) in [4.78, 5) is 13.7. The summed E-state index contributed by atoms with van der Waals surface area (Å²) >= 11 is 0. The second-order valence-electron chi connectivity index (χ2n) is 6.54. The number of aromatic nitrogens is 2. The molecule has 0 radical (unpaired) electrons. The number of anilines is 2. The zero-order valence-electron chi connectivity index (χ0n) is 15.2. The summed E-state index contributed by atoms with van der Waals surface area (Å²) in [6, 6.07) is 8.27. The van der Waals surface area contributed by atoms with Crippen molar-refractivity contribution < 1.29 is 4.79 Å². The normalized spacial score (nSPS) is 14.0. The highest BCUT2D eigenvalue weighted by Crippen LogP contribution is 2.29. The summed E-state index contributed by atoms with van der Waals surface area (Å²) in [5.41, 5.74) is 4.62. The average molecular weight is 338 g/mol. The minimum atomic E-state index is 0.119. The number of allylic oxidation sites excluding steroid dienone is 2. The Morgan fingerprint density at radius 1 is 1.40 bits per heavy atom. The maximum Gasteiger partial charge on any atom is 0.219 e. The molecule has 0 aliphatic carbocycles. The van der Waals surface area contributed by atoms with Gasteiger partial charge in [0.05, 0.1) is 6.54 Å². The molecule has 2 aromatic rings. The van der Waals surface area contributed by atoms with Gasteiger partial charge in [0.1, 0.15) is 0 Å². The van der Waals surface area contributed by atoms with Crippen LogP contribution in [0.3, 0.4) is 0 Å². The number of nitrogens with zero attached hydrogens (tertiary/aromatic N) is 3. The SMILES string of the molecule is CC=CCCn1nc(Nc2cccc(C)c2)c2c1CCN(C(C)=O)C2. The quantitative estimate of drug-likeness (QED) is 0.844. The van der Waals surface area contributed by atoms with E-state index < -0.39 is 0 Å². The van der Waals surface area contributed by atoms with E-state index in [9.17, 15) is 4.79 Å². The van der Waals surface area contributed by atoms with Crippen molar-refractivity contribution in [1.82, 2.24) is 14.7 Å². The van der Waals surface area contributed by atoms with Crippen molar-refractivity contribution in [1.29, 1.82) is 0 Å². The van der Waals surface area contributed by atoms with Crippen LogP contribution in [0.25, 0.3) is 0 Å². The lowest BCUT2D eigenvalue weighted by molar-refractivity contribution is -0.129. The molecule has 1 amide bonds. The molecule has 5 nitrogen and oxygen atoms in total. The van der Waals surface area contributed by atoms with E-state index in [-0.39, 0.29) is 5.91 Å². The summed E-state index contributed by atoms with van der Waals surface area (Å²) in [6.45, 7) is 8.00. The molecule has 1 N–H and O–H groups in total. The van der Waals surface area contributed by atoms with Crippen molar-refractivity contribution in [3.8, 4) is 0 Å². The fourth-order valence-electron chi connectivity index (χ4n) is 3.27. The molecule has 3 rings (SSSR count). The van der Waals surface area contributed by atoms with Crippen LogP contribution in [0.1, 0.15) is 37.1 Å². The van der Waals surface area contributed by atoms with Crippen LogP contribution in [0, 0.1) is 6.92 Å². The van der Waals surface area contributed by atoms with Crippen LogP contribution < -0.4 is 5.32 Å². The van der Waals surface area contributed by atoms with E-state index in [0.717, 1.165) is 43.0 Å². The van der Waals surface area contributed by atoms with Crippen molar-refractivity contribution in [2.45, 2.75) is 46.7 Å². The fraction of sp³-hybridized carbons (Fsp3) is 0.400. The van der Waals surface area contributed by atoms with Crippen LogP contribution in [0.15, 0.2) is 36.4 Å². The molecule has 0 saturated heterocycles. The highest BCUT2D eigenvalue weighted by atomic mass is 16.2. The Balaban J connectivity index is 1.91. The van der Waals surface area contributed by atoms with E-state index in [0.29, 0.717) is 6.54 Å². The predicted molar refractivity (Wildman–Crippen MR) is 101 cm³/mol. The lowest BCUT2D eigenvalue weighted by Crippen LogP contribution is -2.34. The van der Waals surface area contributed by atoms with Gasteiger partial charge in [-0.2, -0.15) is 5.10 Å². The molecular formula is C20H26N4O. The Morgan fingerprint density at radius 3 is 2.96 bits per heavy atom. The highest BCUT2D eigenvalue weighted by Gasteiger charge is 2.26. The maximum atomic E-state index is 11.8. The second kappa shape index (κ2) is 7.55. The van der Waals surface area contributed by atoms with E-state index in [4.69, 9.17) is 5.10 Å². The van der Waals surface area contributed by atoms with E-state index in [2.05, 4.69) is 41.2 Å². The summed E-state index contributed by atoms with van der Waals surface area (Å²) in [6.07, 6.45) is 6.05. The minimum absolute atomic E-state index is 0.119. The number of hydrogen-bond donors (Lipinski definition) is 1. The first-order valence-electron chi connectivity index (χ1n) is 8.87. The van der Waals surface area contributed by atoms with Gasteiger partial charge in [0.15, 0.2) is 5.82 Å². The number of aryl methyl sites for hydroxylation is 2. The molecule has 2 heterocycles. The number of nitrogens with one attached hydrogen (secondary N) is 1. The highest BCUT2D eigenvalue weighted by molar-refractivity contribution is 5.74. The van der Waals surface area contributed by atoms with Crippen LogP contribution in [0.2, 0.25) is 0 Å². The average Bonchev–Trinajstić information content (AvgIpc) is 2.92. The van der Waals surface area contributed by atoms with Gasteiger partial charge in [0.25, 0.3) is 0 Å². The van der Waals surface area contributed by atoms with Gasteiger partial charge >= 0.3 is 0 Å². The molecule has 132 valence electrons. The third-order valence-corrected chi connectivity index (χ3v) is 4.60. The third-order valence-electron chi connectivity index (χ3n) is 4.60. The van der Waals surface area contributed by atoms with Gasteiger partial charge in [0, 0.05) is 43.4 Å². The van der Waals surface area contributed by atoms with Crippen molar-refractivity contribution in [3.05, 3.63) is 53.2 Å². The molecule has 5 heteroatoms. The monoisotopic (exact) mass is 338 g/mol. The number of carbonyl (C=O) groups excluding carboxylic acids is 1. The van der Waals surface area contributed by atoms with Crippen molar-refractivity contribution in [2.24, 2.45) is 0 Å². The Labute approximate surface area is 149 Å². The maximum absolute atomic E-state index is 11.8. The Morgan fingerprint density at radius 2 is 2.24 bits per heavy atom. The molecule has 0 spiro atoms. The van der Waals surface area contributed by atoms with Crippen LogP contribution >= 0.6 is 0 Å². The Kier molecular flexibility index (Phi) is 5.22. The zero-order chi connectivity index (χ0) is 17.8. The molecule has 1 aromatic carbocycles. The first-order chi connectivity index (χ1) is 12.1. The molecular weight excluding hydrogens is 312 g/mol. The van der Waals surface area contributed by atoms with Crippen molar-refractivity contribution in [3.63, 3.8) is 0 Å². The topological polar surface area (TPSA) is 50.2 Å². The molecule has 0 atom stereocenters. The van der Waals surface area contributed by atoms with Gasteiger partial charge in [-0.05, 0) is 38.0 Å². The smallest absolute Gasteiger partial charge is 0.219 e. The van der Waals surface area contributed by atoms with Crippen LogP contribution in [0.5, 0.6) is 0 Å². The molecule has 0 bridgehead atoms. The standard InChI is InChI=1S/C20H26N4O/c1-4-5-6-11-24-19-10-12-23(16(3)25)14-18(19)20(22-24)21-17-9-7-8-15(2)13-17/h4-5,7-9,13H,6,10-12,14H2,1-3H3,(H,21,22). The summed E-state index contributed by atoms with van der Waals surface area (Å²) < 4.78 is 2.10. The van der Waals surface area contributed by atoms with Gasteiger partial charge < -0.3 is 10.2 Å².